The van der Waals surface area contributed by atoms with E-state index in [1.807, 2.05) is 17.0 Å². The monoisotopic (exact) mass is 524 g/mol. The zero-order valence-electron chi connectivity index (χ0n) is 20.4. The highest BCUT2D eigenvalue weighted by Crippen LogP contribution is 2.22. The lowest BCUT2D eigenvalue weighted by Crippen LogP contribution is -2.29. The van der Waals surface area contributed by atoms with Crippen LogP contribution in [0.5, 0.6) is 5.75 Å². The zero-order valence-corrected chi connectivity index (χ0v) is 21.1. The van der Waals surface area contributed by atoms with Crippen LogP contribution in [0.15, 0.2) is 71.8 Å². The number of anilines is 1. The van der Waals surface area contributed by atoms with Crippen LogP contribution in [-0.2, 0) is 6.54 Å². The summed E-state index contributed by atoms with van der Waals surface area (Å²) >= 11 is 6.11. The van der Waals surface area contributed by atoms with Crippen molar-refractivity contribution < 1.29 is 24.5 Å². The van der Waals surface area contributed by atoms with Gasteiger partial charge in [-0.15, -0.1) is 0 Å². The standard InChI is InChI=1S/C27H29ClN4O5/c1-37-23-7-3-4-19(15-23)17-29-31-27(36)24-16-22(28)8-9-25(24)30-26(35)21-6-2-5-20(14-21)18-32(10-12-33)11-13-34/h2-9,14-17,33-34H,10-13,18H2,1H3,(H,30,35)(H,31,36). The molecule has 0 heterocycles. The number of hydrogen-bond acceptors (Lipinski definition) is 7. The lowest BCUT2D eigenvalue weighted by atomic mass is 10.1. The molecule has 0 aliphatic rings. The summed E-state index contributed by atoms with van der Waals surface area (Å²) in [6.07, 6.45) is 1.48. The number of nitrogens with zero attached hydrogens (tertiary/aromatic N) is 2. The summed E-state index contributed by atoms with van der Waals surface area (Å²) in [4.78, 5) is 27.7. The van der Waals surface area contributed by atoms with E-state index in [0.717, 1.165) is 11.1 Å². The van der Waals surface area contributed by atoms with Crippen LogP contribution in [-0.4, -0.2) is 66.6 Å². The molecule has 0 saturated heterocycles. The smallest absolute Gasteiger partial charge is 0.273 e. The summed E-state index contributed by atoms with van der Waals surface area (Å²) in [6.45, 7) is 1.19. The number of hydrazone groups is 1. The summed E-state index contributed by atoms with van der Waals surface area (Å²) in [6, 6.07) is 18.8. The van der Waals surface area contributed by atoms with Gasteiger partial charge in [-0.3, -0.25) is 14.5 Å². The fourth-order valence-corrected chi connectivity index (χ4v) is 3.75. The molecule has 0 unspecified atom stereocenters. The Hall–Kier alpha value is -3.76. The Kier molecular flexibility index (Phi) is 10.6. The molecule has 4 N–H and O–H groups in total. The van der Waals surface area contributed by atoms with Gasteiger partial charge in [0.15, 0.2) is 0 Å². The number of methoxy groups -OCH3 is 1. The second-order valence-corrected chi connectivity index (χ2v) is 8.48. The Labute approximate surface area is 220 Å². The Morgan fingerprint density at radius 2 is 1.76 bits per heavy atom. The first kappa shape index (κ1) is 27.8. The molecule has 0 bridgehead atoms. The number of halogens is 1. The van der Waals surface area contributed by atoms with E-state index in [1.165, 1.54) is 12.3 Å². The molecule has 0 saturated carbocycles. The van der Waals surface area contributed by atoms with Crippen molar-refractivity contribution in [3.8, 4) is 5.75 Å². The van der Waals surface area contributed by atoms with Crippen LogP contribution in [0.25, 0.3) is 0 Å². The molecule has 3 aromatic carbocycles. The predicted octanol–water partition coefficient (Wildman–Crippen LogP) is 3.15. The van der Waals surface area contributed by atoms with Crippen molar-refractivity contribution >= 4 is 35.3 Å². The molecule has 194 valence electrons. The van der Waals surface area contributed by atoms with Crippen molar-refractivity contribution in [3.63, 3.8) is 0 Å². The van der Waals surface area contributed by atoms with Crippen LogP contribution in [0.3, 0.4) is 0 Å². The topological polar surface area (TPSA) is 123 Å². The number of aliphatic hydroxyl groups excluding tert-OH is 2. The molecular formula is C27H29ClN4O5. The first-order chi connectivity index (χ1) is 17.9. The number of benzene rings is 3. The first-order valence-electron chi connectivity index (χ1n) is 11.5. The van der Waals surface area contributed by atoms with E-state index >= 15 is 0 Å². The minimum absolute atomic E-state index is 0.0365. The molecule has 37 heavy (non-hydrogen) atoms. The molecule has 0 aliphatic heterocycles. The van der Waals surface area contributed by atoms with Crippen LogP contribution in [0.1, 0.15) is 31.8 Å². The number of carbonyl (C=O) groups excluding carboxylic acids is 2. The van der Waals surface area contributed by atoms with Crippen molar-refractivity contribution in [1.82, 2.24) is 10.3 Å². The van der Waals surface area contributed by atoms with Gasteiger partial charge in [-0.05, 0) is 53.6 Å². The molecule has 0 spiro atoms. The molecule has 0 fully saturated rings. The molecule has 0 radical (unpaired) electrons. The SMILES string of the molecule is COc1cccc(C=NNC(=O)c2cc(Cl)ccc2NC(=O)c2cccc(CN(CCO)CCO)c2)c1. The van der Waals surface area contributed by atoms with Crippen molar-refractivity contribution in [3.05, 3.63) is 94.0 Å². The maximum Gasteiger partial charge on any atom is 0.273 e. The number of rotatable bonds is 12. The molecule has 9 nitrogen and oxygen atoms in total. The molecule has 0 aromatic heterocycles. The van der Waals surface area contributed by atoms with Gasteiger partial charge in [-0.2, -0.15) is 5.10 Å². The Morgan fingerprint density at radius 3 is 2.49 bits per heavy atom. The van der Waals surface area contributed by atoms with Crippen LogP contribution in [0.2, 0.25) is 5.02 Å². The van der Waals surface area contributed by atoms with Gasteiger partial charge in [-0.25, -0.2) is 5.43 Å². The Balaban J connectivity index is 1.72. The maximum absolute atomic E-state index is 13.0. The highest BCUT2D eigenvalue weighted by Gasteiger charge is 2.16. The third kappa shape index (κ3) is 8.40. The van der Waals surface area contributed by atoms with Gasteiger partial charge < -0.3 is 20.3 Å². The van der Waals surface area contributed by atoms with Crippen molar-refractivity contribution in [2.45, 2.75) is 6.54 Å². The molecule has 10 heteroatoms. The molecule has 3 aromatic rings. The van der Waals surface area contributed by atoms with E-state index in [-0.39, 0.29) is 24.5 Å². The number of nitrogens with one attached hydrogen (secondary N) is 2. The number of hydrogen-bond donors (Lipinski definition) is 4. The minimum Gasteiger partial charge on any atom is -0.497 e. The number of aliphatic hydroxyl groups is 2. The Bertz CT molecular complexity index is 1240. The van der Waals surface area contributed by atoms with Gasteiger partial charge in [0.05, 0.1) is 37.8 Å². The third-order valence-electron chi connectivity index (χ3n) is 5.38. The van der Waals surface area contributed by atoms with E-state index in [0.29, 0.717) is 36.0 Å². The molecule has 3 rings (SSSR count). The van der Waals surface area contributed by atoms with Gasteiger partial charge in [0.25, 0.3) is 11.8 Å². The highest BCUT2D eigenvalue weighted by molar-refractivity contribution is 6.31. The van der Waals surface area contributed by atoms with Crippen molar-refractivity contribution in [2.75, 3.05) is 38.7 Å². The molecule has 0 aliphatic carbocycles. The lowest BCUT2D eigenvalue weighted by Gasteiger charge is -2.20. The number of amides is 2. The van der Waals surface area contributed by atoms with Crippen LogP contribution in [0, 0.1) is 0 Å². The average molecular weight is 525 g/mol. The number of carbonyl (C=O) groups is 2. The lowest BCUT2D eigenvalue weighted by molar-refractivity contribution is 0.0956. The van der Waals surface area contributed by atoms with Crippen LogP contribution >= 0.6 is 11.6 Å². The maximum atomic E-state index is 13.0. The molecule has 2 amide bonds. The van der Waals surface area contributed by atoms with Crippen LogP contribution < -0.4 is 15.5 Å². The molecule has 0 atom stereocenters. The van der Waals surface area contributed by atoms with E-state index in [9.17, 15) is 19.8 Å². The fourth-order valence-electron chi connectivity index (χ4n) is 3.58. The predicted molar refractivity (Wildman–Crippen MR) is 143 cm³/mol. The second kappa shape index (κ2) is 14.1. The zero-order chi connectivity index (χ0) is 26.6. The summed E-state index contributed by atoms with van der Waals surface area (Å²) in [7, 11) is 1.56. The second-order valence-electron chi connectivity index (χ2n) is 8.04. The van der Waals surface area contributed by atoms with Crippen molar-refractivity contribution in [2.24, 2.45) is 5.10 Å². The average Bonchev–Trinajstić information content (AvgIpc) is 2.90. The normalized spacial score (nSPS) is 11.1. The summed E-state index contributed by atoms with van der Waals surface area (Å²) in [5, 5.41) is 25.5. The van der Waals surface area contributed by atoms with Gasteiger partial charge in [0.1, 0.15) is 5.75 Å². The minimum atomic E-state index is -0.547. The Morgan fingerprint density at radius 1 is 1.00 bits per heavy atom. The van der Waals surface area contributed by atoms with Gasteiger partial charge >= 0.3 is 0 Å². The molecular weight excluding hydrogens is 496 g/mol. The van der Waals surface area contributed by atoms with Gasteiger partial charge in [0, 0.05) is 30.2 Å². The first-order valence-corrected chi connectivity index (χ1v) is 11.9. The van der Waals surface area contributed by atoms with Gasteiger partial charge in [-0.1, -0.05) is 35.9 Å². The van der Waals surface area contributed by atoms with E-state index in [4.69, 9.17) is 16.3 Å². The van der Waals surface area contributed by atoms with Crippen molar-refractivity contribution in [1.29, 1.82) is 0 Å². The third-order valence-corrected chi connectivity index (χ3v) is 5.61. The number of ether oxygens (including phenoxy) is 1. The van der Waals surface area contributed by atoms with E-state index < -0.39 is 11.8 Å². The summed E-state index contributed by atoms with van der Waals surface area (Å²) in [5.41, 5.74) is 4.84. The summed E-state index contributed by atoms with van der Waals surface area (Å²) in [5.74, 6) is -0.294. The summed E-state index contributed by atoms with van der Waals surface area (Å²) < 4.78 is 5.18. The van der Waals surface area contributed by atoms with E-state index in [2.05, 4.69) is 15.8 Å². The highest BCUT2D eigenvalue weighted by atomic mass is 35.5. The van der Waals surface area contributed by atoms with E-state index in [1.54, 1.807) is 55.6 Å². The largest absolute Gasteiger partial charge is 0.497 e. The van der Waals surface area contributed by atoms with Crippen LogP contribution in [0.4, 0.5) is 5.69 Å². The quantitative estimate of drug-likeness (QED) is 0.213. The fraction of sp³-hybridized carbons (Fsp3) is 0.222. The van der Waals surface area contributed by atoms with Gasteiger partial charge in [0.2, 0.25) is 0 Å².